The molecule has 0 amide bonds. The quantitative estimate of drug-likeness (QED) is 0.642. The third-order valence-corrected chi connectivity index (χ3v) is 3.85. The molecule has 0 aliphatic heterocycles. The van der Waals surface area contributed by atoms with Gasteiger partial charge in [-0.25, -0.2) is 0 Å². The summed E-state index contributed by atoms with van der Waals surface area (Å²) in [5.41, 5.74) is 3.70. The third kappa shape index (κ3) is 4.12. The van der Waals surface area contributed by atoms with Crippen LogP contribution in [0.5, 0.6) is 0 Å². The zero-order valence-electron chi connectivity index (χ0n) is 12.9. The lowest BCUT2D eigenvalue weighted by Gasteiger charge is -2.16. The molecule has 0 N–H and O–H groups in total. The highest BCUT2D eigenvalue weighted by Crippen LogP contribution is 2.20. The van der Waals surface area contributed by atoms with Gasteiger partial charge in [0.15, 0.2) is 0 Å². The van der Waals surface area contributed by atoms with Crippen molar-refractivity contribution in [2.24, 2.45) is 0 Å². The minimum atomic E-state index is 0. The molecular weight excluding hydrogens is 294 g/mol. The number of halogens is 1. The van der Waals surface area contributed by atoms with Gasteiger partial charge in [-0.2, -0.15) is 0 Å². The number of furan rings is 1. The lowest BCUT2D eigenvalue weighted by molar-refractivity contribution is 0.322. The van der Waals surface area contributed by atoms with Gasteiger partial charge >= 0.3 is 0 Å². The molecule has 0 aliphatic carbocycles. The zero-order valence-corrected chi connectivity index (χ0v) is 13.7. The van der Waals surface area contributed by atoms with Crippen molar-refractivity contribution in [3.8, 4) is 0 Å². The maximum Gasteiger partial charge on any atom is 0.138 e. The minimum Gasteiger partial charge on any atom is -0.464 e. The van der Waals surface area contributed by atoms with Crippen molar-refractivity contribution in [2.75, 3.05) is 13.6 Å². The van der Waals surface area contributed by atoms with Crippen LogP contribution in [0.25, 0.3) is 11.0 Å². The monoisotopic (exact) mass is 315 g/mol. The van der Waals surface area contributed by atoms with Crippen molar-refractivity contribution in [2.45, 2.75) is 19.4 Å². The van der Waals surface area contributed by atoms with Gasteiger partial charge in [0.1, 0.15) is 5.58 Å². The fraction of sp³-hybridized carbons (Fsp3) is 0.263. The molecule has 0 fully saturated rings. The molecule has 0 bridgehead atoms. The van der Waals surface area contributed by atoms with Crippen molar-refractivity contribution >= 4 is 23.4 Å². The van der Waals surface area contributed by atoms with Crippen molar-refractivity contribution in [1.29, 1.82) is 0 Å². The van der Waals surface area contributed by atoms with Crippen molar-refractivity contribution in [1.82, 2.24) is 4.90 Å². The number of fused-ring (bicyclic) bond motifs is 1. The predicted octanol–water partition coefficient (Wildman–Crippen LogP) is 4.92. The zero-order chi connectivity index (χ0) is 14.5. The Kier molecular flexibility index (Phi) is 6.05. The van der Waals surface area contributed by atoms with E-state index in [0.29, 0.717) is 0 Å². The van der Waals surface area contributed by atoms with Crippen LogP contribution in [0.4, 0.5) is 0 Å². The van der Waals surface area contributed by atoms with Gasteiger partial charge in [-0.3, -0.25) is 0 Å². The molecule has 0 saturated heterocycles. The Labute approximate surface area is 138 Å². The summed E-state index contributed by atoms with van der Waals surface area (Å²) in [5.74, 6) is 0. The summed E-state index contributed by atoms with van der Waals surface area (Å²) in [6.45, 7) is 2.02. The molecule has 3 aromatic rings. The summed E-state index contributed by atoms with van der Waals surface area (Å²) in [4.78, 5) is 2.36. The summed E-state index contributed by atoms with van der Waals surface area (Å²) >= 11 is 0. The second-order valence-corrected chi connectivity index (χ2v) is 5.58. The van der Waals surface area contributed by atoms with Gasteiger partial charge in [-0.15, -0.1) is 12.4 Å². The van der Waals surface area contributed by atoms with E-state index in [1.807, 2.05) is 6.07 Å². The number of nitrogens with zero attached hydrogens (tertiary/aromatic N) is 1. The molecule has 0 aliphatic rings. The predicted molar refractivity (Wildman–Crippen MR) is 94.6 cm³/mol. The number of para-hydroxylation sites is 1. The number of hydrogen-bond donors (Lipinski definition) is 0. The molecule has 2 nitrogen and oxygen atoms in total. The van der Waals surface area contributed by atoms with Crippen LogP contribution >= 0.6 is 12.4 Å². The van der Waals surface area contributed by atoms with Gasteiger partial charge in [-0.1, -0.05) is 48.5 Å². The van der Waals surface area contributed by atoms with E-state index in [1.165, 1.54) is 22.9 Å². The third-order valence-electron chi connectivity index (χ3n) is 3.85. The first-order valence-corrected chi connectivity index (χ1v) is 7.50. The van der Waals surface area contributed by atoms with Crippen LogP contribution in [0.15, 0.2) is 65.3 Å². The molecule has 1 heterocycles. The minimum absolute atomic E-state index is 0. The van der Waals surface area contributed by atoms with Crippen molar-refractivity contribution in [3.63, 3.8) is 0 Å². The Morgan fingerprint density at radius 2 is 1.77 bits per heavy atom. The molecule has 0 spiro atoms. The molecule has 1 aromatic heterocycles. The number of rotatable bonds is 6. The summed E-state index contributed by atoms with van der Waals surface area (Å²) < 4.78 is 5.60. The van der Waals surface area contributed by atoms with E-state index in [0.717, 1.165) is 25.1 Å². The average molecular weight is 316 g/mol. The highest BCUT2D eigenvalue weighted by molar-refractivity contribution is 5.85. The van der Waals surface area contributed by atoms with E-state index in [4.69, 9.17) is 4.42 Å². The van der Waals surface area contributed by atoms with E-state index in [9.17, 15) is 0 Å². The normalized spacial score (nSPS) is 10.8. The molecule has 116 valence electrons. The number of aryl methyl sites for hydroxylation is 1. The fourth-order valence-corrected chi connectivity index (χ4v) is 2.75. The van der Waals surface area contributed by atoms with Gasteiger partial charge in [0.25, 0.3) is 0 Å². The number of hydrogen-bond acceptors (Lipinski definition) is 2. The van der Waals surface area contributed by atoms with Gasteiger partial charge < -0.3 is 9.32 Å². The smallest absolute Gasteiger partial charge is 0.138 e. The Morgan fingerprint density at radius 3 is 2.59 bits per heavy atom. The Bertz CT molecular complexity index is 693. The average Bonchev–Trinajstić information content (AvgIpc) is 2.98. The molecule has 0 saturated carbocycles. The van der Waals surface area contributed by atoms with Crippen LogP contribution in [0.2, 0.25) is 0 Å². The first kappa shape index (κ1) is 16.6. The van der Waals surface area contributed by atoms with E-state index in [-0.39, 0.29) is 12.4 Å². The van der Waals surface area contributed by atoms with E-state index < -0.39 is 0 Å². The molecule has 0 atom stereocenters. The summed E-state index contributed by atoms with van der Waals surface area (Å²) in [6.07, 6.45) is 4.08. The van der Waals surface area contributed by atoms with Crippen LogP contribution in [0, 0.1) is 0 Å². The van der Waals surface area contributed by atoms with Crippen molar-refractivity contribution < 1.29 is 4.42 Å². The molecule has 22 heavy (non-hydrogen) atoms. The van der Waals surface area contributed by atoms with Crippen LogP contribution in [0.3, 0.4) is 0 Å². The fourth-order valence-electron chi connectivity index (χ4n) is 2.75. The lowest BCUT2D eigenvalue weighted by atomic mass is 10.1. The van der Waals surface area contributed by atoms with E-state index in [2.05, 4.69) is 60.5 Å². The van der Waals surface area contributed by atoms with Crippen LogP contribution in [-0.4, -0.2) is 18.5 Å². The topological polar surface area (TPSA) is 16.4 Å². The summed E-state index contributed by atoms with van der Waals surface area (Å²) in [7, 11) is 2.17. The first-order valence-electron chi connectivity index (χ1n) is 7.50. The maximum atomic E-state index is 5.60. The molecule has 0 radical (unpaired) electrons. The number of benzene rings is 2. The molecule has 3 rings (SSSR count). The van der Waals surface area contributed by atoms with Crippen LogP contribution in [-0.2, 0) is 13.0 Å². The first-order chi connectivity index (χ1) is 10.3. The largest absolute Gasteiger partial charge is 0.464 e. The van der Waals surface area contributed by atoms with Crippen LogP contribution in [0.1, 0.15) is 17.5 Å². The molecule has 2 aromatic carbocycles. The molecule has 0 unspecified atom stereocenters. The lowest BCUT2D eigenvalue weighted by Crippen LogP contribution is -2.19. The Morgan fingerprint density at radius 1 is 0.955 bits per heavy atom. The Hall–Kier alpha value is -1.77. The summed E-state index contributed by atoms with van der Waals surface area (Å²) in [5, 5.41) is 1.19. The van der Waals surface area contributed by atoms with Gasteiger partial charge in [0.2, 0.25) is 0 Å². The highest BCUT2D eigenvalue weighted by Gasteiger charge is 2.06. The summed E-state index contributed by atoms with van der Waals surface area (Å²) in [6, 6.07) is 19.1. The SMILES string of the molecule is CN(CCCc1ccccc1)Cc1cccc2ccoc12.Cl. The molecule has 3 heteroatoms. The maximum absolute atomic E-state index is 5.60. The second-order valence-electron chi connectivity index (χ2n) is 5.58. The molecular formula is C19H22ClNO. The van der Waals surface area contributed by atoms with Gasteiger partial charge in [-0.05, 0) is 38.1 Å². The standard InChI is InChI=1S/C19H21NO.ClH/c1-20(13-6-9-16-7-3-2-4-8-16)15-18-11-5-10-17-12-14-21-19(17)18;/h2-5,7-8,10-12,14H,6,9,13,15H2,1H3;1H. The van der Waals surface area contributed by atoms with E-state index in [1.54, 1.807) is 6.26 Å². The highest BCUT2D eigenvalue weighted by atomic mass is 35.5. The van der Waals surface area contributed by atoms with Crippen LogP contribution < -0.4 is 0 Å². The van der Waals surface area contributed by atoms with E-state index >= 15 is 0 Å². The Balaban J connectivity index is 0.00000176. The van der Waals surface area contributed by atoms with Gasteiger partial charge in [0, 0.05) is 17.5 Å². The second kappa shape index (κ2) is 8.02. The van der Waals surface area contributed by atoms with Gasteiger partial charge in [0.05, 0.1) is 6.26 Å². The van der Waals surface area contributed by atoms with Crippen molar-refractivity contribution in [3.05, 3.63) is 72.0 Å².